The molecule has 8 nitrogen and oxygen atoms in total. The smallest absolute Gasteiger partial charge is 0.435 e. The molecule has 1 fully saturated rings. The quantitative estimate of drug-likeness (QED) is 0.434. The predicted octanol–water partition coefficient (Wildman–Crippen LogP) is 4.29. The van der Waals surface area contributed by atoms with E-state index in [1.165, 1.54) is 26.0 Å². The summed E-state index contributed by atoms with van der Waals surface area (Å²) in [6.45, 7) is 1.18. The topological polar surface area (TPSA) is 93.2 Å². The zero-order chi connectivity index (χ0) is 25.6. The van der Waals surface area contributed by atoms with E-state index < -0.39 is 29.6 Å². The number of ether oxygens (including phenoxy) is 1. The number of amides is 2. The van der Waals surface area contributed by atoms with Crippen LogP contribution >= 0.6 is 11.6 Å². The van der Waals surface area contributed by atoms with E-state index >= 15 is 0 Å². The second-order valence-electron chi connectivity index (χ2n) is 8.46. The number of nitrogens with zero attached hydrogens (tertiary/aromatic N) is 2. The van der Waals surface area contributed by atoms with Gasteiger partial charge in [-0.2, -0.15) is 5.06 Å². The van der Waals surface area contributed by atoms with Crippen LogP contribution in [0.4, 0.5) is 4.79 Å². The molecule has 2 aromatic carbocycles. The largest absolute Gasteiger partial charge is 0.467 e. The zero-order valence-electron chi connectivity index (χ0n) is 20.0. The number of carbonyl (C=O) groups is 4. The number of methoxy groups -OCH3 is 1. The van der Waals surface area contributed by atoms with Gasteiger partial charge >= 0.3 is 12.1 Å². The lowest BCUT2D eigenvalue weighted by Crippen LogP contribution is -2.56. The normalized spacial score (nSPS) is 18.3. The number of benzene rings is 2. The Kier molecular flexibility index (Phi) is 8.51. The number of Topliss-reactive ketones (excluding diaryl/α,β-unsaturated/α-hetero) is 1. The third-order valence-electron chi connectivity index (χ3n) is 6.33. The van der Waals surface area contributed by atoms with Gasteiger partial charge in [-0.15, -0.1) is 0 Å². The zero-order valence-corrected chi connectivity index (χ0v) is 20.8. The number of carbonyl (C=O) groups excluding carboxylic acids is 4. The Hall–Kier alpha value is -3.39. The molecule has 0 spiro atoms. The Labute approximate surface area is 209 Å². The fourth-order valence-electron chi connectivity index (χ4n) is 4.51. The molecule has 2 aromatic rings. The van der Waals surface area contributed by atoms with Crippen LogP contribution in [0.3, 0.4) is 0 Å². The molecule has 2 atom stereocenters. The molecule has 0 aromatic heterocycles. The molecule has 0 aliphatic heterocycles. The van der Waals surface area contributed by atoms with Crippen LogP contribution in [0.15, 0.2) is 54.6 Å². The van der Waals surface area contributed by atoms with E-state index in [4.69, 9.17) is 21.2 Å². The highest BCUT2D eigenvalue weighted by Crippen LogP contribution is 2.42. The molecule has 2 amide bonds. The first-order chi connectivity index (χ1) is 16.7. The molecular formula is C26H29ClN2O6. The number of rotatable bonds is 6. The Morgan fingerprint density at radius 2 is 1.71 bits per heavy atom. The molecule has 1 aliphatic rings. The molecule has 0 radical (unpaired) electrons. The van der Waals surface area contributed by atoms with Crippen molar-refractivity contribution >= 4 is 35.4 Å². The van der Waals surface area contributed by atoms with Gasteiger partial charge in [0.05, 0.1) is 7.11 Å². The second kappa shape index (κ2) is 11.4. The minimum absolute atomic E-state index is 0.0681. The SMILES string of the molecule is COC(=O)[C@H](Cc1ccccc1)N(OC(=O)N(C)[C@]1(c2ccccc2Cl)CCCCC1=O)C(C)=O. The Morgan fingerprint density at radius 3 is 2.31 bits per heavy atom. The van der Waals surface area contributed by atoms with Crippen LogP contribution in [0.1, 0.15) is 43.7 Å². The molecule has 3 rings (SSSR count). The van der Waals surface area contributed by atoms with Crippen molar-refractivity contribution in [2.75, 3.05) is 14.2 Å². The molecule has 1 aliphatic carbocycles. The van der Waals surface area contributed by atoms with Crippen molar-refractivity contribution in [2.24, 2.45) is 0 Å². The number of hydrogen-bond donors (Lipinski definition) is 0. The Bertz CT molecular complexity index is 1090. The number of esters is 1. The average Bonchev–Trinajstić information content (AvgIpc) is 2.86. The van der Waals surface area contributed by atoms with Crippen molar-refractivity contribution in [3.05, 3.63) is 70.7 Å². The molecule has 35 heavy (non-hydrogen) atoms. The van der Waals surface area contributed by atoms with Gasteiger partial charge in [0.15, 0.2) is 11.8 Å². The van der Waals surface area contributed by atoms with Gasteiger partial charge in [0.25, 0.3) is 5.91 Å². The summed E-state index contributed by atoms with van der Waals surface area (Å²) in [5, 5.41) is 1.06. The van der Waals surface area contributed by atoms with E-state index in [2.05, 4.69) is 0 Å². The molecule has 0 N–H and O–H groups in total. The first kappa shape index (κ1) is 26.2. The monoisotopic (exact) mass is 500 g/mol. The van der Waals surface area contributed by atoms with E-state index in [1.807, 2.05) is 6.07 Å². The Morgan fingerprint density at radius 1 is 1.06 bits per heavy atom. The van der Waals surface area contributed by atoms with E-state index in [1.54, 1.807) is 48.5 Å². The van der Waals surface area contributed by atoms with Gasteiger partial charge in [-0.05, 0) is 30.9 Å². The summed E-state index contributed by atoms with van der Waals surface area (Å²) in [7, 11) is 2.64. The second-order valence-corrected chi connectivity index (χ2v) is 8.87. The summed E-state index contributed by atoms with van der Waals surface area (Å²) in [5.41, 5.74) is -0.112. The number of hydrogen-bond acceptors (Lipinski definition) is 6. The van der Waals surface area contributed by atoms with Gasteiger partial charge in [0, 0.05) is 37.4 Å². The van der Waals surface area contributed by atoms with Crippen LogP contribution in [-0.2, 0) is 35.9 Å². The van der Waals surface area contributed by atoms with Crippen LogP contribution in [0.5, 0.6) is 0 Å². The van der Waals surface area contributed by atoms with E-state index in [0.717, 1.165) is 5.56 Å². The molecule has 0 heterocycles. The van der Waals surface area contributed by atoms with Crippen molar-refractivity contribution in [3.63, 3.8) is 0 Å². The van der Waals surface area contributed by atoms with E-state index in [0.29, 0.717) is 34.9 Å². The van der Waals surface area contributed by atoms with Crippen LogP contribution < -0.4 is 0 Å². The van der Waals surface area contributed by atoms with Crippen molar-refractivity contribution in [2.45, 2.75) is 50.6 Å². The molecule has 186 valence electrons. The molecule has 1 saturated carbocycles. The van der Waals surface area contributed by atoms with Crippen molar-refractivity contribution in [1.82, 2.24) is 9.96 Å². The first-order valence-electron chi connectivity index (χ1n) is 11.4. The van der Waals surface area contributed by atoms with Crippen LogP contribution in [-0.4, -0.2) is 53.9 Å². The van der Waals surface area contributed by atoms with Gasteiger partial charge in [0.2, 0.25) is 0 Å². The molecule has 0 bridgehead atoms. The lowest BCUT2D eigenvalue weighted by atomic mass is 9.74. The maximum absolute atomic E-state index is 13.4. The van der Waals surface area contributed by atoms with Gasteiger partial charge in [-0.25, -0.2) is 9.59 Å². The summed E-state index contributed by atoms with van der Waals surface area (Å²) in [6, 6.07) is 14.6. The highest BCUT2D eigenvalue weighted by Gasteiger charge is 2.49. The summed E-state index contributed by atoms with van der Waals surface area (Å²) < 4.78 is 4.89. The predicted molar refractivity (Wildman–Crippen MR) is 129 cm³/mol. The van der Waals surface area contributed by atoms with Gasteiger partial charge in [-0.3, -0.25) is 14.5 Å². The van der Waals surface area contributed by atoms with Crippen LogP contribution in [0.25, 0.3) is 0 Å². The minimum Gasteiger partial charge on any atom is -0.467 e. The van der Waals surface area contributed by atoms with Crippen LogP contribution in [0, 0.1) is 0 Å². The van der Waals surface area contributed by atoms with Crippen LogP contribution in [0.2, 0.25) is 5.02 Å². The third kappa shape index (κ3) is 5.48. The summed E-state index contributed by atoms with van der Waals surface area (Å²) in [4.78, 5) is 58.5. The fraction of sp³-hybridized carbons (Fsp3) is 0.385. The third-order valence-corrected chi connectivity index (χ3v) is 6.66. The highest BCUT2D eigenvalue weighted by molar-refractivity contribution is 6.31. The lowest BCUT2D eigenvalue weighted by Gasteiger charge is -2.43. The summed E-state index contributed by atoms with van der Waals surface area (Å²) in [5.74, 6) is -1.58. The summed E-state index contributed by atoms with van der Waals surface area (Å²) in [6.07, 6.45) is 1.14. The lowest BCUT2D eigenvalue weighted by molar-refractivity contribution is -0.189. The van der Waals surface area contributed by atoms with E-state index in [-0.39, 0.29) is 18.6 Å². The molecule has 0 saturated heterocycles. The summed E-state index contributed by atoms with van der Waals surface area (Å²) >= 11 is 6.46. The highest BCUT2D eigenvalue weighted by atomic mass is 35.5. The van der Waals surface area contributed by atoms with Crippen molar-refractivity contribution in [3.8, 4) is 0 Å². The number of halogens is 1. The molecular weight excluding hydrogens is 472 g/mol. The van der Waals surface area contributed by atoms with Gasteiger partial charge in [0.1, 0.15) is 5.54 Å². The van der Waals surface area contributed by atoms with Crippen molar-refractivity contribution < 1.29 is 28.8 Å². The Balaban J connectivity index is 1.95. The number of hydroxylamine groups is 2. The minimum atomic E-state index is -1.35. The van der Waals surface area contributed by atoms with Gasteiger partial charge < -0.3 is 9.57 Å². The van der Waals surface area contributed by atoms with Crippen molar-refractivity contribution in [1.29, 1.82) is 0 Å². The first-order valence-corrected chi connectivity index (χ1v) is 11.8. The van der Waals surface area contributed by atoms with Gasteiger partial charge in [-0.1, -0.05) is 60.1 Å². The molecule has 9 heteroatoms. The number of likely N-dealkylation sites (N-methyl/N-ethyl adjacent to an activating group) is 1. The molecule has 0 unspecified atom stereocenters. The standard InChI is InChI=1S/C26H29ClN2O6/c1-18(30)29(22(24(32)34-3)17-19-11-5-4-6-12-19)35-25(33)28(2)26(16-10-9-15-23(26)31)20-13-7-8-14-21(20)27/h4-8,11-14,22H,9-10,15-17H2,1-3H3/t22-,26-/m0/s1. The average molecular weight is 501 g/mol. The maximum atomic E-state index is 13.4. The fourth-order valence-corrected chi connectivity index (χ4v) is 4.81. The maximum Gasteiger partial charge on any atom is 0.435 e. The number of ketones is 1. The van der Waals surface area contributed by atoms with E-state index in [9.17, 15) is 19.2 Å².